The lowest BCUT2D eigenvalue weighted by Gasteiger charge is -2.10. The molecule has 0 aromatic heterocycles. The Bertz CT molecular complexity index is 932. The highest BCUT2D eigenvalue weighted by Gasteiger charge is 2.16. The number of anilines is 1. The van der Waals surface area contributed by atoms with Crippen LogP contribution in [0.15, 0.2) is 53.4 Å². The molecule has 0 atom stereocenters. The molecule has 0 saturated carbocycles. The van der Waals surface area contributed by atoms with E-state index in [1.54, 1.807) is 24.3 Å². The molecule has 0 aliphatic carbocycles. The van der Waals surface area contributed by atoms with Crippen LogP contribution in [0.25, 0.3) is 0 Å². The van der Waals surface area contributed by atoms with Gasteiger partial charge in [-0.15, -0.1) is 0 Å². The van der Waals surface area contributed by atoms with Crippen LogP contribution >= 0.6 is 11.6 Å². The highest BCUT2D eigenvalue weighted by atomic mass is 35.5. The number of hydrogen-bond donors (Lipinski definition) is 3. The molecule has 2 aromatic rings. The van der Waals surface area contributed by atoms with Crippen molar-refractivity contribution >= 4 is 39.2 Å². The lowest BCUT2D eigenvalue weighted by atomic mass is 10.3. The molecule has 0 spiro atoms. The van der Waals surface area contributed by atoms with E-state index in [4.69, 9.17) is 16.3 Å². The fraction of sp³-hybridized carbons (Fsp3) is 0.222. The summed E-state index contributed by atoms with van der Waals surface area (Å²) in [5.74, 6) is 0.391. The number of ether oxygens (including phenoxy) is 1. The topological polar surface area (TPSA) is 114 Å². The van der Waals surface area contributed by atoms with Gasteiger partial charge in [0.25, 0.3) is 10.0 Å². The number of sulfonamides is 1. The highest BCUT2D eigenvalue weighted by Crippen LogP contribution is 2.17. The van der Waals surface area contributed by atoms with Crippen LogP contribution in [-0.2, 0) is 14.8 Å². The molecule has 0 unspecified atom stereocenters. The first-order valence-electron chi connectivity index (χ1n) is 8.33. The van der Waals surface area contributed by atoms with Gasteiger partial charge in [-0.1, -0.05) is 17.7 Å². The molecule has 0 saturated heterocycles. The summed E-state index contributed by atoms with van der Waals surface area (Å²) in [6.07, 6.45) is 0.457. The van der Waals surface area contributed by atoms with Crippen LogP contribution in [0.1, 0.15) is 13.3 Å². The summed E-state index contributed by atoms with van der Waals surface area (Å²) < 4.78 is 31.6. The van der Waals surface area contributed by atoms with Crippen molar-refractivity contribution in [2.75, 3.05) is 18.5 Å². The lowest BCUT2D eigenvalue weighted by molar-refractivity contribution is -0.114. The molecule has 0 radical (unpaired) electrons. The summed E-state index contributed by atoms with van der Waals surface area (Å²) in [5, 5.41) is 5.50. The van der Waals surface area contributed by atoms with Gasteiger partial charge >= 0.3 is 6.03 Å². The maximum Gasteiger partial charge on any atom is 0.328 e. The van der Waals surface area contributed by atoms with Gasteiger partial charge in [0, 0.05) is 30.2 Å². The summed E-state index contributed by atoms with van der Waals surface area (Å²) in [5.41, 5.74) is 0.620. The molecule has 150 valence electrons. The predicted octanol–water partition coefficient (Wildman–Crippen LogP) is 2.76. The second kappa shape index (κ2) is 9.95. The smallest absolute Gasteiger partial charge is 0.328 e. The fourth-order valence-corrected chi connectivity index (χ4v) is 3.22. The highest BCUT2D eigenvalue weighted by molar-refractivity contribution is 7.90. The maximum atomic E-state index is 12.1. The van der Waals surface area contributed by atoms with E-state index in [0.29, 0.717) is 29.5 Å². The number of nitrogens with one attached hydrogen (secondary N) is 3. The van der Waals surface area contributed by atoms with E-state index in [9.17, 15) is 18.0 Å². The van der Waals surface area contributed by atoms with E-state index >= 15 is 0 Å². The molecular formula is C18H20ClN3O5S. The van der Waals surface area contributed by atoms with Crippen LogP contribution in [0.2, 0.25) is 5.02 Å². The van der Waals surface area contributed by atoms with E-state index in [0.717, 1.165) is 0 Å². The Morgan fingerprint density at radius 3 is 2.50 bits per heavy atom. The van der Waals surface area contributed by atoms with Crippen molar-refractivity contribution in [3.8, 4) is 5.75 Å². The molecule has 0 fully saturated rings. The van der Waals surface area contributed by atoms with Crippen LogP contribution in [0.4, 0.5) is 10.5 Å². The Balaban J connectivity index is 1.72. The van der Waals surface area contributed by atoms with E-state index in [1.807, 2.05) is 4.72 Å². The van der Waals surface area contributed by atoms with Crippen LogP contribution in [0.3, 0.4) is 0 Å². The van der Waals surface area contributed by atoms with Crippen LogP contribution in [0.5, 0.6) is 5.75 Å². The first kappa shape index (κ1) is 21.5. The Morgan fingerprint density at radius 2 is 1.82 bits per heavy atom. The van der Waals surface area contributed by atoms with Gasteiger partial charge in [-0.05, 0) is 42.8 Å². The Morgan fingerprint density at radius 1 is 1.11 bits per heavy atom. The molecule has 0 aliphatic rings. The van der Waals surface area contributed by atoms with E-state index in [1.165, 1.54) is 31.2 Å². The zero-order chi connectivity index (χ0) is 20.6. The van der Waals surface area contributed by atoms with Gasteiger partial charge in [0.15, 0.2) is 0 Å². The molecule has 2 rings (SSSR count). The average molecular weight is 426 g/mol. The summed E-state index contributed by atoms with van der Waals surface area (Å²) in [7, 11) is -3.96. The molecular weight excluding hydrogens is 406 g/mol. The lowest BCUT2D eigenvalue weighted by Crippen LogP contribution is -2.40. The summed E-state index contributed by atoms with van der Waals surface area (Å²) in [6, 6.07) is 11.5. The second-order valence-corrected chi connectivity index (χ2v) is 7.85. The largest absolute Gasteiger partial charge is 0.493 e. The van der Waals surface area contributed by atoms with Gasteiger partial charge in [0.1, 0.15) is 5.75 Å². The van der Waals surface area contributed by atoms with Gasteiger partial charge in [-0.3, -0.25) is 4.79 Å². The first-order chi connectivity index (χ1) is 13.3. The molecule has 8 nitrogen and oxygen atoms in total. The first-order valence-corrected chi connectivity index (χ1v) is 10.2. The minimum Gasteiger partial charge on any atom is -0.493 e. The molecule has 3 amide bonds. The minimum absolute atomic E-state index is 0.0607. The number of rotatable bonds is 8. The summed E-state index contributed by atoms with van der Waals surface area (Å²) >= 11 is 5.72. The SMILES string of the molecule is CC(=O)Nc1cccc(OCCCNC(=O)NS(=O)(=O)c2ccc(Cl)cc2)c1. The molecule has 0 aliphatic heterocycles. The van der Waals surface area contributed by atoms with Crippen molar-refractivity contribution in [3.63, 3.8) is 0 Å². The quantitative estimate of drug-likeness (QED) is 0.563. The zero-order valence-corrected chi connectivity index (χ0v) is 16.6. The van der Waals surface area contributed by atoms with Gasteiger partial charge in [-0.2, -0.15) is 0 Å². The number of carbonyl (C=O) groups is 2. The molecule has 10 heteroatoms. The van der Waals surface area contributed by atoms with Crippen LogP contribution < -0.4 is 20.1 Å². The molecule has 28 heavy (non-hydrogen) atoms. The normalized spacial score (nSPS) is 10.8. The Kier molecular flexibility index (Phi) is 7.65. The van der Waals surface area contributed by atoms with Gasteiger partial charge in [0.2, 0.25) is 5.91 Å². The van der Waals surface area contributed by atoms with E-state index in [-0.39, 0.29) is 17.3 Å². The number of carbonyl (C=O) groups excluding carboxylic acids is 2. The molecule has 2 aromatic carbocycles. The van der Waals surface area contributed by atoms with Crippen molar-refractivity contribution in [2.45, 2.75) is 18.2 Å². The third-order valence-electron chi connectivity index (χ3n) is 3.38. The maximum absolute atomic E-state index is 12.1. The van der Waals surface area contributed by atoms with E-state index in [2.05, 4.69) is 10.6 Å². The Hall–Kier alpha value is -2.78. The van der Waals surface area contributed by atoms with Crippen molar-refractivity contribution in [1.82, 2.24) is 10.0 Å². The van der Waals surface area contributed by atoms with E-state index < -0.39 is 16.1 Å². The number of benzene rings is 2. The monoisotopic (exact) mass is 425 g/mol. The standard InChI is InChI=1S/C18H20ClN3O5S/c1-13(23)21-15-4-2-5-16(12-15)27-11-3-10-20-18(24)22-28(25,26)17-8-6-14(19)7-9-17/h2,4-9,12H,3,10-11H2,1H3,(H,21,23)(H2,20,22,24). The summed E-state index contributed by atoms with van der Waals surface area (Å²) in [6.45, 7) is 1.93. The van der Waals surface area contributed by atoms with Crippen LogP contribution in [-0.4, -0.2) is 33.5 Å². The second-order valence-electron chi connectivity index (χ2n) is 5.73. The fourth-order valence-electron chi connectivity index (χ4n) is 2.16. The molecule has 0 heterocycles. The number of halogens is 1. The average Bonchev–Trinajstić information content (AvgIpc) is 2.61. The minimum atomic E-state index is -3.96. The summed E-state index contributed by atoms with van der Waals surface area (Å²) in [4.78, 5) is 22.8. The number of amides is 3. The van der Waals surface area contributed by atoms with Crippen molar-refractivity contribution in [3.05, 3.63) is 53.6 Å². The Labute approximate surface area is 168 Å². The third-order valence-corrected chi connectivity index (χ3v) is 4.98. The zero-order valence-electron chi connectivity index (χ0n) is 15.1. The van der Waals surface area contributed by atoms with Crippen molar-refractivity contribution < 1.29 is 22.7 Å². The molecule has 3 N–H and O–H groups in total. The van der Waals surface area contributed by atoms with Gasteiger partial charge in [-0.25, -0.2) is 17.9 Å². The van der Waals surface area contributed by atoms with Gasteiger partial charge < -0.3 is 15.4 Å². The van der Waals surface area contributed by atoms with Crippen molar-refractivity contribution in [1.29, 1.82) is 0 Å². The van der Waals surface area contributed by atoms with Crippen molar-refractivity contribution in [2.24, 2.45) is 0 Å². The number of hydrogen-bond acceptors (Lipinski definition) is 5. The number of urea groups is 1. The van der Waals surface area contributed by atoms with Crippen LogP contribution in [0, 0.1) is 0 Å². The van der Waals surface area contributed by atoms with Gasteiger partial charge in [0.05, 0.1) is 11.5 Å². The molecule has 0 bridgehead atoms. The third kappa shape index (κ3) is 7.09. The predicted molar refractivity (Wildman–Crippen MR) is 106 cm³/mol.